The Morgan fingerprint density at radius 2 is 2.08 bits per heavy atom. The van der Waals surface area contributed by atoms with Gasteiger partial charge in [-0.05, 0) is 52.3 Å². The molecule has 24 heavy (non-hydrogen) atoms. The van der Waals surface area contributed by atoms with E-state index in [1.807, 2.05) is 25.7 Å². The van der Waals surface area contributed by atoms with E-state index in [2.05, 4.69) is 10.6 Å². The molecule has 1 aromatic rings. The maximum atomic E-state index is 12.1. The van der Waals surface area contributed by atoms with Gasteiger partial charge in [-0.3, -0.25) is 19.8 Å². The van der Waals surface area contributed by atoms with E-state index in [1.54, 1.807) is 12.1 Å². The molecule has 1 atom stereocenters. The maximum Gasteiger partial charge on any atom is 0.321 e. The van der Waals surface area contributed by atoms with Crippen molar-refractivity contribution in [2.24, 2.45) is 0 Å². The lowest BCUT2D eigenvalue weighted by atomic mass is 10.1. The number of ketones is 1. The predicted molar refractivity (Wildman–Crippen MR) is 88.7 cm³/mol. The fraction of sp³-hybridized carbons (Fsp3) is 0.588. The quantitative estimate of drug-likeness (QED) is 0.802. The van der Waals surface area contributed by atoms with Crippen LogP contribution in [0.2, 0.25) is 0 Å². The number of hydrogen-bond donors (Lipinski definition) is 2. The lowest BCUT2D eigenvalue weighted by Crippen LogP contribution is -2.50. The van der Waals surface area contributed by atoms with Gasteiger partial charge in [0, 0.05) is 18.0 Å². The molecule has 3 amide bonds. The van der Waals surface area contributed by atoms with Crippen LogP contribution in [0, 0.1) is 0 Å². The zero-order valence-electron chi connectivity index (χ0n) is 14.4. The van der Waals surface area contributed by atoms with E-state index in [9.17, 15) is 14.4 Å². The first kappa shape index (κ1) is 18.2. The Bertz CT molecular complexity index is 589. The molecule has 0 aromatic carbocycles. The molecule has 0 radical (unpaired) electrons. The van der Waals surface area contributed by atoms with E-state index < -0.39 is 11.6 Å². The van der Waals surface area contributed by atoms with Gasteiger partial charge in [-0.15, -0.1) is 0 Å². The number of amides is 3. The molecule has 7 heteroatoms. The number of rotatable bonds is 5. The standard InChI is InChI=1S/C17H25N3O4/c1-17(2,3)19-16(23)18-15(22)11-20-8-4-6-12(20)10-13(21)14-7-5-9-24-14/h5,7,9,12H,4,6,8,10-11H2,1-3H3,(H2,18,19,22,23)/t12-/m1/s1. The molecule has 0 bridgehead atoms. The van der Waals surface area contributed by atoms with Crippen molar-refractivity contribution in [3.63, 3.8) is 0 Å². The van der Waals surface area contributed by atoms with Gasteiger partial charge >= 0.3 is 6.03 Å². The van der Waals surface area contributed by atoms with E-state index in [0.717, 1.165) is 19.4 Å². The van der Waals surface area contributed by atoms with Crippen molar-refractivity contribution in [1.29, 1.82) is 0 Å². The number of carbonyl (C=O) groups excluding carboxylic acids is 3. The molecule has 2 rings (SSSR count). The Hall–Kier alpha value is -2.15. The summed E-state index contributed by atoms with van der Waals surface area (Å²) in [6.07, 6.45) is 3.57. The fourth-order valence-corrected chi connectivity index (χ4v) is 2.81. The number of nitrogens with one attached hydrogen (secondary N) is 2. The summed E-state index contributed by atoms with van der Waals surface area (Å²) in [5.74, 6) is -0.0901. The number of hydrogen-bond acceptors (Lipinski definition) is 5. The average molecular weight is 335 g/mol. The lowest BCUT2D eigenvalue weighted by molar-refractivity contribution is -0.121. The molecule has 2 heterocycles. The molecular formula is C17H25N3O4. The van der Waals surface area contributed by atoms with E-state index in [0.29, 0.717) is 12.2 Å². The van der Waals surface area contributed by atoms with Gasteiger partial charge in [0.1, 0.15) is 0 Å². The van der Waals surface area contributed by atoms with Crippen LogP contribution in [0.15, 0.2) is 22.8 Å². The van der Waals surface area contributed by atoms with Crippen LogP contribution in [0.5, 0.6) is 0 Å². The van der Waals surface area contributed by atoms with Crippen molar-refractivity contribution in [2.75, 3.05) is 13.1 Å². The van der Waals surface area contributed by atoms with E-state index in [4.69, 9.17) is 4.42 Å². The Morgan fingerprint density at radius 3 is 2.71 bits per heavy atom. The minimum Gasteiger partial charge on any atom is -0.461 e. The van der Waals surface area contributed by atoms with Crippen LogP contribution < -0.4 is 10.6 Å². The van der Waals surface area contributed by atoms with Crippen molar-refractivity contribution in [2.45, 2.75) is 51.6 Å². The maximum absolute atomic E-state index is 12.1. The van der Waals surface area contributed by atoms with Gasteiger partial charge < -0.3 is 9.73 Å². The summed E-state index contributed by atoms with van der Waals surface area (Å²) in [7, 11) is 0. The molecule has 7 nitrogen and oxygen atoms in total. The van der Waals surface area contributed by atoms with E-state index in [1.165, 1.54) is 6.26 Å². The van der Waals surface area contributed by atoms with Gasteiger partial charge in [0.05, 0.1) is 12.8 Å². The van der Waals surface area contributed by atoms with Gasteiger partial charge in [0.15, 0.2) is 11.5 Å². The molecule has 0 spiro atoms. The smallest absolute Gasteiger partial charge is 0.321 e. The molecule has 0 saturated carbocycles. The normalized spacial score (nSPS) is 18.4. The van der Waals surface area contributed by atoms with E-state index in [-0.39, 0.29) is 24.3 Å². The first-order valence-electron chi connectivity index (χ1n) is 8.17. The highest BCUT2D eigenvalue weighted by molar-refractivity contribution is 5.96. The van der Waals surface area contributed by atoms with Gasteiger partial charge in [0.25, 0.3) is 0 Å². The largest absolute Gasteiger partial charge is 0.461 e. The number of likely N-dealkylation sites (tertiary alicyclic amines) is 1. The van der Waals surface area contributed by atoms with Crippen molar-refractivity contribution < 1.29 is 18.8 Å². The highest BCUT2D eigenvalue weighted by Crippen LogP contribution is 2.21. The molecule has 1 fully saturated rings. The number of imide groups is 1. The van der Waals surface area contributed by atoms with Crippen molar-refractivity contribution >= 4 is 17.7 Å². The highest BCUT2D eigenvalue weighted by atomic mass is 16.3. The van der Waals surface area contributed by atoms with Gasteiger partial charge in [-0.25, -0.2) is 4.79 Å². The van der Waals surface area contributed by atoms with Crippen LogP contribution in [0.4, 0.5) is 4.79 Å². The first-order chi connectivity index (χ1) is 11.2. The van der Waals surface area contributed by atoms with Crippen LogP contribution in [0.1, 0.15) is 50.6 Å². The SMILES string of the molecule is CC(C)(C)NC(=O)NC(=O)CN1CCC[C@@H]1CC(=O)c1ccco1. The van der Waals surface area contributed by atoms with Gasteiger partial charge in [0.2, 0.25) is 5.91 Å². The minimum atomic E-state index is -0.505. The summed E-state index contributed by atoms with van der Waals surface area (Å²) in [6.45, 7) is 6.37. The van der Waals surface area contributed by atoms with Crippen LogP contribution in [-0.4, -0.2) is 47.3 Å². The number of nitrogens with zero attached hydrogens (tertiary/aromatic N) is 1. The summed E-state index contributed by atoms with van der Waals surface area (Å²) in [5.41, 5.74) is -0.407. The van der Waals surface area contributed by atoms with Crippen molar-refractivity contribution in [3.8, 4) is 0 Å². The first-order valence-corrected chi connectivity index (χ1v) is 8.17. The molecule has 132 valence electrons. The molecule has 1 saturated heterocycles. The Labute approximate surface area is 141 Å². The molecule has 1 aromatic heterocycles. The highest BCUT2D eigenvalue weighted by Gasteiger charge is 2.29. The van der Waals surface area contributed by atoms with Crippen molar-refractivity contribution in [3.05, 3.63) is 24.2 Å². The predicted octanol–water partition coefficient (Wildman–Crippen LogP) is 1.94. The zero-order valence-corrected chi connectivity index (χ0v) is 14.4. The number of furan rings is 1. The Kier molecular flexibility index (Phi) is 5.77. The van der Waals surface area contributed by atoms with Crippen LogP contribution >= 0.6 is 0 Å². The van der Waals surface area contributed by atoms with Crippen LogP contribution in [-0.2, 0) is 4.79 Å². The number of carbonyl (C=O) groups is 3. The van der Waals surface area contributed by atoms with Crippen LogP contribution in [0.3, 0.4) is 0 Å². The monoisotopic (exact) mass is 335 g/mol. The van der Waals surface area contributed by atoms with E-state index >= 15 is 0 Å². The third-order valence-electron chi connectivity index (χ3n) is 3.80. The number of Topliss-reactive ketones (excluding diaryl/α,β-unsaturated/α-hetero) is 1. The topological polar surface area (TPSA) is 91.7 Å². The lowest BCUT2D eigenvalue weighted by Gasteiger charge is -2.24. The molecular weight excluding hydrogens is 310 g/mol. The Balaban J connectivity index is 1.83. The third-order valence-corrected chi connectivity index (χ3v) is 3.80. The molecule has 1 aliphatic rings. The third kappa shape index (κ3) is 5.49. The summed E-state index contributed by atoms with van der Waals surface area (Å²) < 4.78 is 5.12. The summed E-state index contributed by atoms with van der Waals surface area (Å²) in [5, 5.41) is 5.01. The van der Waals surface area contributed by atoms with Crippen LogP contribution in [0.25, 0.3) is 0 Å². The second kappa shape index (κ2) is 7.61. The average Bonchev–Trinajstić information content (AvgIpc) is 3.08. The van der Waals surface area contributed by atoms with Crippen molar-refractivity contribution in [1.82, 2.24) is 15.5 Å². The zero-order chi connectivity index (χ0) is 17.7. The summed E-state index contributed by atoms with van der Waals surface area (Å²) in [4.78, 5) is 37.9. The van der Waals surface area contributed by atoms with Gasteiger partial charge in [-0.2, -0.15) is 0 Å². The van der Waals surface area contributed by atoms with Gasteiger partial charge in [-0.1, -0.05) is 0 Å². The molecule has 0 unspecified atom stereocenters. The fourth-order valence-electron chi connectivity index (χ4n) is 2.81. The second-order valence-corrected chi connectivity index (χ2v) is 7.12. The molecule has 1 aliphatic heterocycles. The summed E-state index contributed by atoms with van der Waals surface area (Å²) in [6, 6.07) is 2.82. The minimum absolute atomic E-state index is 0.000901. The molecule has 2 N–H and O–H groups in total. The Morgan fingerprint density at radius 1 is 1.33 bits per heavy atom. The summed E-state index contributed by atoms with van der Waals surface area (Å²) >= 11 is 0. The second-order valence-electron chi connectivity index (χ2n) is 7.12. The molecule has 0 aliphatic carbocycles. The number of urea groups is 1.